The molecule has 0 aliphatic carbocycles. The van der Waals surface area contributed by atoms with Gasteiger partial charge >= 0.3 is 5.97 Å². The number of hydrogen-bond donors (Lipinski definition) is 1. The Morgan fingerprint density at radius 3 is 2.89 bits per heavy atom. The first-order valence-corrected chi connectivity index (χ1v) is 6.49. The molecule has 0 aromatic carbocycles. The van der Waals surface area contributed by atoms with Crippen LogP contribution in [0.15, 0.2) is 18.5 Å². The third-order valence-electron chi connectivity index (χ3n) is 3.04. The van der Waals surface area contributed by atoms with Gasteiger partial charge in [0.1, 0.15) is 0 Å². The Bertz CT molecular complexity index is 480. The molecule has 1 fully saturated rings. The maximum absolute atomic E-state index is 11.2. The van der Waals surface area contributed by atoms with Crippen molar-refractivity contribution in [3.63, 3.8) is 0 Å². The third-order valence-corrected chi connectivity index (χ3v) is 3.04. The Hall–Kier alpha value is -2.04. The van der Waals surface area contributed by atoms with Crippen LogP contribution in [0.25, 0.3) is 6.08 Å². The van der Waals surface area contributed by atoms with Gasteiger partial charge in [-0.2, -0.15) is 0 Å². The van der Waals surface area contributed by atoms with E-state index in [4.69, 9.17) is 9.84 Å². The normalized spacial score (nSPS) is 15.1. The first-order valence-electron chi connectivity index (χ1n) is 6.49. The average Bonchev–Trinajstić information content (AvgIpc) is 2.89. The molecule has 5 nitrogen and oxygen atoms in total. The van der Waals surface area contributed by atoms with E-state index in [1.165, 1.54) is 19.0 Å². The van der Waals surface area contributed by atoms with Crippen LogP contribution in [0.3, 0.4) is 0 Å². The van der Waals surface area contributed by atoms with Crippen LogP contribution in [-0.2, 0) is 0 Å². The SMILES string of the molecule is CCOc1cc(C=CN2CCCC2)c(C(=O)O)cn1. The summed E-state index contributed by atoms with van der Waals surface area (Å²) in [5.41, 5.74) is 0.816. The highest BCUT2D eigenvalue weighted by Gasteiger charge is 2.11. The first-order chi connectivity index (χ1) is 9.20. The minimum absolute atomic E-state index is 0.193. The van der Waals surface area contributed by atoms with Gasteiger partial charge < -0.3 is 14.7 Å². The molecule has 102 valence electrons. The largest absolute Gasteiger partial charge is 0.478 e. The maximum atomic E-state index is 11.2. The highest BCUT2D eigenvalue weighted by Crippen LogP contribution is 2.18. The number of hydrogen-bond acceptors (Lipinski definition) is 4. The number of carboxylic acids is 1. The Morgan fingerprint density at radius 2 is 2.26 bits per heavy atom. The van der Waals surface area contributed by atoms with E-state index in [1.54, 1.807) is 6.07 Å². The number of likely N-dealkylation sites (tertiary alicyclic amines) is 1. The molecule has 19 heavy (non-hydrogen) atoms. The molecule has 1 aromatic rings. The summed E-state index contributed by atoms with van der Waals surface area (Å²) >= 11 is 0. The van der Waals surface area contributed by atoms with Crippen molar-refractivity contribution in [3.05, 3.63) is 29.6 Å². The Kier molecular flexibility index (Phi) is 4.39. The van der Waals surface area contributed by atoms with Crippen LogP contribution in [0.5, 0.6) is 5.88 Å². The van der Waals surface area contributed by atoms with Gasteiger partial charge in [0.2, 0.25) is 5.88 Å². The lowest BCUT2D eigenvalue weighted by atomic mass is 10.1. The van der Waals surface area contributed by atoms with Gasteiger partial charge in [-0.3, -0.25) is 0 Å². The summed E-state index contributed by atoms with van der Waals surface area (Å²) in [6.45, 7) is 4.44. The fraction of sp³-hybridized carbons (Fsp3) is 0.429. The smallest absolute Gasteiger partial charge is 0.337 e. The molecule has 0 saturated carbocycles. The molecular formula is C14H18N2O3. The molecule has 2 rings (SSSR count). The van der Waals surface area contributed by atoms with Crippen molar-refractivity contribution in [2.75, 3.05) is 19.7 Å². The number of carbonyl (C=O) groups is 1. The topological polar surface area (TPSA) is 62.7 Å². The molecule has 1 aromatic heterocycles. The van der Waals surface area contributed by atoms with E-state index < -0.39 is 5.97 Å². The maximum Gasteiger partial charge on any atom is 0.337 e. The zero-order chi connectivity index (χ0) is 13.7. The highest BCUT2D eigenvalue weighted by molar-refractivity contribution is 5.91. The Balaban J connectivity index is 2.23. The monoisotopic (exact) mass is 262 g/mol. The predicted octanol–water partition coefficient (Wildman–Crippen LogP) is 2.25. The summed E-state index contributed by atoms with van der Waals surface area (Å²) in [5.74, 6) is -0.523. The van der Waals surface area contributed by atoms with Crippen molar-refractivity contribution in [2.45, 2.75) is 19.8 Å². The minimum Gasteiger partial charge on any atom is -0.478 e. The van der Waals surface area contributed by atoms with Crippen molar-refractivity contribution in [1.82, 2.24) is 9.88 Å². The van der Waals surface area contributed by atoms with E-state index in [0.29, 0.717) is 18.1 Å². The molecule has 2 heterocycles. The molecular weight excluding hydrogens is 244 g/mol. The summed E-state index contributed by atoms with van der Waals surface area (Å²) in [4.78, 5) is 17.3. The zero-order valence-electron chi connectivity index (χ0n) is 11.0. The van der Waals surface area contributed by atoms with Crippen LogP contribution in [0, 0.1) is 0 Å². The number of aromatic nitrogens is 1. The van der Waals surface area contributed by atoms with Crippen LogP contribution in [-0.4, -0.2) is 40.7 Å². The van der Waals surface area contributed by atoms with E-state index in [2.05, 4.69) is 9.88 Å². The fourth-order valence-electron chi connectivity index (χ4n) is 2.07. The zero-order valence-corrected chi connectivity index (χ0v) is 11.0. The summed E-state index contributed by atoms with van der Waals surface area (Å²) in [7, 11) is 0. The molecule has 0 spiro atoms. The lowest BCUT2D eigenvalue weighted by Gasteiger charge is -2.11. The van der Waals surface area contributed by atoms with Gasteiger partial charge in [0.15, 0.2) is 0 Å². The van der Waals surface area contributed by atoms with Gasteiger partial charge in [0, 0.05) is 25.4 Å². The van der Waals surface area contributed by atoms with Crippen molar-refractivity contribution in [2.24, 2.45) is 0 Å². The van der Waals surface area contributed by atoms with Crippen LogP contribution in [0.2, 0.25) is 0 Å². The van der Waals surface area contributed by atoms with Gasteiger partial charge in [0.25, 0.3) is 0 Å². The second-order valence-corrected chi connectivity index (χ2v) is 4.41. The molecule has 0 radical (unpaired) electrons. The van der Waals surface area contributed by atoms with Crippen LogP contribution in [0.1, 0.15) is 35.7 Å². The lowest BCUT2D eigenvalue weighted by Crippen LogP contribution is -2.10. The van der Waals surface area contributed by atoms with E-state index >= 15 is 0 Å². The van der Waals surface area contributed by atoms with Crippen molar-refractivity contribution >= 4 is 12.0 Å². The van der Waals surface area contributed by atoms with Crippen LogP contribution >= 0.6 is 0 Å². The first kappa shape index (κ1) is 13.4. The number of carboxylic acid groups (broad SMARTS) is 1. The van der Waals surface area contributed by atoms with Crippen LogP contribution < -0.4 is 4.74 Å². The third kappa shape index (κ3) is 3.47. The molecule has 0 amide bonds. The Labute approximate surface area is 112 Å². The van der Waals surface area contributed by atoms with Crippen molar-refractivity contribution in [1.29, 1.82) is 0 Å². The summed E-state index contributed by atoms with van der Waals surface area (Å²) in [5, 5.41) is 9.15. The van der Waals surface area contributed by atoms with E-state index in [1.807, 2.05) is 19.2 Å². The molecule has 1 aliphatic heterocycles. The molecule has 5 heteroatoms. The molecule has 1 aliphatic rings. The number of nitrogens with zero attached hydrogens (tertiary/aromatic N) is 2. The van der Waals surface area contributed by atoms with Crippen molar-refractivity contribution < 1.29 is 14.6 Å². The number of aromatic carboxylic acids is 1. The van der Waals surface area contributed by atoms with Gasteiger partial charge in [0.05, 0.1) is 12.2 Å². The van der Waals surface area contributed by atoms with E-state index in [9.17, 15) is 4.79 Å². The molecule has 1 N–H and O–H groups in total. The number of rotatable bonds is 5. The standard InChI is InChI=1S/C14H18N2O3/c1-2-19-13-9-11(12(10-15-13)14(17)18)5-8-16-6-3-4-7-16/h5,8-10H,2-4,6-7H2,1H3,(H,17,18). The highest BCUT2D eigenvalue weighted by atomic mass is 16.5. The van der Waals surface area contributed by atoms with Gasteiger partial charge in [-0.25, -0.2) is 9.78 Å². The second-order valence-electron chi connectivity index (χ2n) is 4.41. The molecule has 0 unspecified atom stereocenters. The molecule has 0 atom stereocenters. The van der Waals surface area contributed by atoms with Gasteiger partial charge in [-0.1, -0.05) is 0 Å². The van der Waals surface area contributed by atoms with Crippen LogP contribution in [0.4, 0.5) is 0 Å². The molecule has 1 saturated heterocycles. The molecule has 0 bridgehead atoms. The number of ether oxygens (including phenoxy) is 1. The van der Waals surface area contributed by atoms with Crippen molar-refractivity contribution in [3.8, 4) is 5.88 Å². The van der Waals surface area contributed by atoms with Gasteiger partial charge in [-0.15, -0.1) is 0 Å². The second kappa shape index (κ2) is 6.22. The summed E-state index contributed by atoms with van der Waals surface area (Å²) in [6, 6.07) is 1.67. The quantitative estimate of drug-likeness (QED) is 0.881. The summed E-state index contributed by atoms with van der Waals surface area (Å²) < 4.78 is 5.30. The average molecular weight is 262 g/mol. The predicted molar refractivity (Wildman–Crippen MR) is 72.2 cm³/mol. The van der Waals surface area contributed by atoms with Gasteiger partial charge in [-0.05, 0) is 37.6 Å². The minimum atomic E-state index is -0.975. The fourth-order valence-corrected chi connectivity index (χ4v) is 2.07. The van der Waals surface area contributed by atoms with E-state index in [-0.39, 0.29) is 5.56 Å². The number of pyridine rings is 1. The lowest BCUT2D eigenvalue weighted by molar-refractivity contribution is 0.0696. The summed E-state index contributed by atoms with van der Waals surface area (Å²) in [6.07, 6.45) is 7.49. The Morgan fingerprint density at radius 1 is 1.53 bits per heavy atom. The van der Waals surface area contributed by atoms with E-state index in [0.717, 1.165) is 13.1 Å².